The molecule has 6 heteroatoms. The van der Waals surface area contributed by atoms with E-state index < -0.39 is 18.0 Å². The summed E-state index contributed by atoms with van der Waals surface area (Å²) in [5.74, 6) is -1.29. The molecule has 0 radical (unpaired) electrons. The van der Waals surface area contributed by atoms with Crippen LogP contribution >= 0.6 is 0 Å². The second-order valence-corrected chi connectivity index (χ2v) is 5.36. The zero-order valence-electron chi connectivity index (χ0n) is 13.8. The van der Waals surface area contributed by atoms with Crippen molar-refractivity contribution in [3.8, 4) is 6.07 Å². The number of nitriles is 1. The number of Topliss-reactive ketones (excluding diaryl/α,β-unsaturated/α-hetero) is 1. The van der Waals surface area contributed by atoms with Gasteiger partial charge in [0.2, 0.25) is 0 Å². The quantitative estimate of drug-likeness (QED) is 0.669. The van der Waals surface area contributed by atoms with Crippen LogP contribution in [-0.4, -0.2) is 23.8 Å². The Morgan fingerprint density at radius 3 is 2.36 bits per heavy atom. The molecule has 0 aliphatic carbocycles. The smallest absolute Gasteiger partial charge is 0.338 e. The number of carbonyl (C=O) groups is 3. The third kappa shape index (κ3) is 4.75. The van der Waals surface area contributed by atoms with Gasteiger partial charge in [-0.05, 0) is 50.2 Å². The number of carbonyl (C=O) groups excluding carboxylic acids is 3. The molecule has 0 aromatic heterocycles. The van der Waals surface area contributed by atoms with Gasteiger partial charge in [0.15, 0.2) is 11.9 Å². The Hall–Kier alpha value is -3.46. The SMILES string of the molecule is CC(=O)c1cccc(NC(=O)[C@H](C)OC(=O)c2ccc(C#N)cc2)c1. The highest BCUT2D eigenvalue weighted by Gasteiger charge is 2.19. The summed E-state index contributed by atoms with van der Waals surface area (Å²) in [4.78, 5) is 35.5. The van der Waals surface area contributed by atoms with Gasteiger partial charge in [0.25, 0.3) is 5.91 Å². The average molecular weight is 336 g/mol. The Bertz CT molecular complexity index is 850. The van der Waals surface area contributed by atoms with Gasteiger partial charge in [-0.15, -0.1) is 0 Å². The van der Waals surface area contributed by atoms with Crippen LogP contribution in [-0.2, 0) is 9.53 Å². The van der Waals surface area contributed by atoms with E-state index >= 15 is 0 Å². The van der Waals surface area contributed by atoms with Crippen molar-refractivity contribution in [1.29, 1.82) is 5.26 Å². The second kappa shape index (κ2) is 7.88. The van der Waals surface area contributed by atoms with Crippen LogP contribution in [0.4, 0.5) is 5.69 Å². The largest absolute Gasteiger partial charge is 0.449 e. The van der Waals surface area contributed by atoms with E-state index in [0.717, 1.165) is 0 Å². The Balaban J connectivity index is 1.99. The van der Waals surface area contributed by atoms with Gasteiger partial charge >= 0.3 is 5.97 Å². The van der Waals surface area contributed by atoms with Crippen LogP contribution in [0.2, 0.25) is 0 Å². The van der Waals surface area contributed by atoms with E-state index in [1.807, 2.05) is 6.07 Å². The molecule has 2 aromatic carbocycles. The fraction of sp³-hybridized carbons (Fsp3) is 0.158. The molecule has 0 heterocycles. The maximum absolute atomic E-state index is 12.1. The third-order valence-corrected chi connectivity index (χ3v) is 3.44. The van der Waals surface area contributed by atoms with Crippen molar-refractivity contribution in [3.63, 3.8) is 0 Å². The maximum atomic E-state index is 12.1. The van der Waals surface area contributed by atoms with Crippen LogP contribution < -0.4 is 5.32 Å². The summed E-state index contributed by atoms with van der Waals surface area (Å²) in [6.07, 6.45) is -1.02. The molecule has 0 aliphatic heterocycles. The fourth-order valence-corrected chi connectivity index (χ4v) is 2.02. The highest BCUT2D eigenvalue weighted by Crippen LogP contribution is 2.13. The monoisotopic (exact) mass is 336 g/mol. The van der Waals surface area contributed by atoms with Crippen molar-refractivity contribution in [1.82, 2.24) is 0 Å². The van der Waals surface area contributed by atoms with Gasteiger partial charge in [0.05, 0.1) is 17.2 Å². The molecule has 0 saturated heterocycles. The predicted molar refractivity (Wildman–Crippen MR) is 91.1 cm³/mol. The number of nitrogens with one attached hydrogen (secondary N) is 1. The number of esters is 1. The molecule has 2 rings (SSSR count). The molecule has 126 valence electrons. The molecular weight excluding hydrogens is 320 g/mol. The first-order valence-corrected chi connectivity index (χ1v) is 7.53. The second-order valence-electron chi connectivity index (χ2n) is 5.36. The molecule has 1 N–H and O–H groups in total. The number of rotatable bonds is 5. The van der Waals surface area contributed by atoms with Gasteiger partial charge in [-0.3, -0.25) is 9.59 Å². The van der Waals surface area contributed by atoms with E-state index in [2.05, 4.69) is 5.32 Å². The first-order chi connectivity index (χ1) is 11.9. The Morgan fingerprint density at radius 1 is 1.08 bits per heavy atom. The molecule has 25 heavy (non-hydrogen) atoms. The minimum absolute atomic E-state index is 0.114. The fourth-order valence-electron chi connectivity index (χ4n) is 2.02. The summed E-state index contributed by atoms with van der Waals surface area (Å²) >= 11 is 0. The molecule has 1 amide bonds. The Labute approximate surface area is 145 Å². The van der Waals surface area contributed by atoms with E-state index in [-0.39, 0.29) is 11.3 Å². The van der Waals surface area contributed by atoms with E-state index in [9.17, 15) is 14.4 Å². The molecule has 6 nitrogen and oxygen atoms in total. The Morgan fingerprint density at radius 2 is 1.76 bits per heavy atom. The topological polar surface area (TPSA) is 96.3 Å². The molecule has 0 fully saturated rings. The molecule has 2 aromatic rings. The highest BCUT2D eigenvalue weighted by atomic mass is 16.5. The highest BCUT2D eigenvalue weighted by molar-refractivity contribution is 5.99. The van der Waals surface area contributed by atoms with Crippen LogP contribution in [0.25, 0.3) is 0 Å². The number of ether oxygens (including phenoxy) is 1. The lowest BCUT2D eigenvalue weighted by Gasteiger charge is -2.14. The van der Waals surface area contributed by atoms with Gasteiger partial charge in [-0.1, -0.05) is 12.1 Å². The van der Waals surface area contributed by atoms with E-state index in [4.69, 9.17) is 10.00 Å². The summed E-state index contributed by atoms with van der Waals surface area (Å²) < 4.78 is 5.12. The average Bonchev–Trinajstić information content (AvgIpc) is 2.61. The molecule has 1 atom stereocenters. The van der Waals surface area contributed by atoms with Gasteiger partial charge < -0.3 is 10.1 Å². The van der Waals surface area contributed by atoms with Crippen molar-refractivity contribution in [2.75, 3.05) is 5.32 Å². The molecule has 0 aliphatic rings. The summed E-state index contributed by atoms with van der Waals surface area (Å²) in [6.45, 7) is 2.88. The number of nitrogens with zero attached hydrogens (tertiary/aromatic N) is 1. The van der Waals surface area contributed by atoms with Crippen LogP contribution in [0.5, 0.6) is 0 Å². The van der Waals surface area contributed by atoms with Crippen molar-refractivity contribution < 1.29 is 19.1 Å². The van der Waals surface area contributed by atoms with Gasteiger partial charge in [-0.25, -0.2) is 4.79 Å². The van der Waals surface area contributed by atoms with Crippen LogP contribution in [0, 0.1) is 11.3 Å². The summed E-state index contributed by atoms with van der Waals surface area (Å²) in [5, 5.41) is 11.3. The van der Waals surface area contributed by atoms with Gasteiger partial charge in [0, 0.05) is 11.3 Å². The summed E-state index contributed by atoms with van der Waals surface area (Å²) in [7, 11) is 0. The Kier molecular flexibility index (Phi) is 5.64. The zero-order chi connectivity index (χ0) is 18.4. The van der Waals surface area contributed by atoms with Crippen LogP contribution in [0.15, 0.2) is 48.5 Å². The molecule has 0 saturated carbocycles. The van der Waals surface area contributed by atoms with Gasteiger partial charge in [0.1, 0.15) is 0 Å². The first-order valence-electron chi connectivity index (χ1n) is 7.53. The predicted octanol–water partition coefficient (Wildman–Crippen LogP) is 2.94. The first kappa shape index (κ1) is 17.9. The lowest BCUT2D eigenvalue weighted by Crippen LogP contribution is -2.30. The molecule has 0 unspecified atom stereocenters. The van der Waals surface area contributed by atoms with E-state index in [0.29, 0.717) is 16.8 Å². The van der Waals surface area contributed by atoms with Crippen molar-refractivity contribution in [3.05, 3.63) is 65.2 Å². The van der Waals surface area contributed by atoms with Crippen molar-refractivity contribution >= 4 is 23.3 Å². The zero-order valence-corrected chi connectivity index (χ0v) is 13.8. The maximum Gasteiger partial charge on any atom is 0.338 e. The van der Waals surface area contributed by atoms with Gasteiger partial charge in [-0.2, -0.15) is 5.26 Å². The van der Waals surface area contributed by atoms with E-state index in [1.165, 1.54) is 38.1 Å². The number of amides is 1. The summed E-state index contributed by atoms with van der Waals surface area (Å²) in [6, 6.07) is 14.3. The van der Waals surface area contributed by atoms with Crippen LogP contribution in [0.3, 0.4) is 0 Å². The number of ketones is 1. The van der Waals surface area contributed by atoms with Crippen molar-refractivity contribution in [2.24, 2.45) is 0 Å². The summed E-state index contributed by atoms with van der Waals surface area (Å²) in [5.41, 5.74) is 1.59. The van der Waals surface area contributed by atoms with E-state index in [1.54, 1.807) is 24.3 Å². The number of hydrogen-bond acceptors (Lipinski definition) is 5. The lowest BCUT2D eigenvalue weighted by molar-refractivity contribution is -0.123. The number of hydrogen-bond donors (Lipinski definition) is 1. The number of anilines is 1. The standard InChI is InChI=1S/C19H16N2O4/c1-12(22)16-4-3-5-17(10-16)21-18(23)13(2)25-19(24)15-8-6-14(11-20)7-9-15/h3-10,13H,1-2H3,(H,21,23)/t13-/m0/s1. The minimum atomic E-state index is -1.02. The van der Waals surface area contributed by atoms with Crippen molar-refractivity contribution in [2.45, 2.75) is 20.0 Å². The third-order valence-electron chi connectivity index (χ3n) is 3.44. The molecule has 0 bridgehead atoms. The molecular formula is C19H16N2O4. The number of benzene rings is 2. The normalized spacial score (nSPS) is 11.1. The minimum Gasteiger partial charge on any atom is -0.449 e. The molecule has 0 spiro atoms. The lowest BCUT2D eigenvalue weighted by atomic mass is 10.1. The van der Waals surface area contributed by atoms with Crippen LogP contribution in [0.1, 0.15) is 40.1 Å².